The van der Waals surface area contributed by atoms with E-state index in [2.05, 4.69) is 15.3 Å². The Morgan fingerprint density at radius 1 is 1.17 bits per heavy atom. The molecule has 0 atom stereocenters. The zero-order chi connectivity index (χ0) is 17.3. The standard InChI is InChI=1S/C16H17N3O5/c1-23-12-6-9-10(7-13(12)24-2)18-11(8-17-9)14(20)19-16(15(21)22)4-3-5-16/h6-8H,3-5H2,1-2H3,(H,19,20)(H,21,22). The van der Waals surface area contributed by atoms with Crippen LogP contribution in [-0.4, -0.2) is 46.7 Å². The summed E-state index contributed by atoms with van der Waals surface area (Å²) >= 11 is 0. The SMILES string of the molecule is COc1cc2ncc(C(=O)NC3(C(=O)O)CCC3)nc2cc1OC. The Labute approximate surface area is 137 Å². The largest absolute Gasteiger partial charge is 0.493 e. The Kier molecular flexibility index (Phi) is 3.96. The van der Waals surface area contributed by atoms with Crippen molar-refractivity contribution in [2.24, 2.45) is 0 Å². The summed E-state index contributed by atoms with van der Waals surface area (Å²) < 4.78 is 10.4. The van der Waals surface area contributed by atoms with Crippen molar-refractivity contribution < 1.29 is 24.2 Å². The topological polar surface area (TPSA) is 111 Å². The molecule has 1 saturated carbocycles. The molecule has 126 valence electrons. The molecule has 0 spiro atoms. The fourth-order valence-corrected chi connectivity index (χ4v) is 2.65. The van der Waals surface area contributed by atoms with Crippen LogP contribution in [0.1, 0.15) is 29.8 Å². The van der Waals surface area contributed by atoms with E-state index in [1.165, 1.54) is 20.4 Å². The van der Waals surface area contributed by atoms with Crippen molar-refractivity contribution in [2.45, 2.75) is 24.8 Å². The van der Waals surface area contributed by atoms with Gasteiger partial charge in [-0.05, 0) is 19.3 Å². The molecule has 0 radical (unpaired) electrons. The fourth-order valence-electron chi connectivity index (χ4n) is 2.65. The quantitative estimate of drug-likeness (QED) is 0.851. The summed E-state index contributed by atoms with van der Waals surface area (Å²) in [7, 11) is 3.02. The Morgan fingerprint density at radius 2 is 1.79 bits per heavy atom. The van der Waals surface area contributed by atoms with E-state index in [1.807, 2.05) is 0 Å². The first kappa shape index (κ1) is 16.0. The lowest BCUT2D eigenvalue weighted by atomic mass is 9.76. The number of carboxylic acids is 1. The molecule has 2 aromatic rings. The van der Waals surface area contributed by atoms with Gasteiger partial charge in [-0.1, -0.05) is 0 Å². The van der Waals surface area contributed by atoms with Crippen LogP contribution in [0.5, 0.6) is 11.5 Å². The molecule has 0 saturated heterocycles. The molecule has 0 unspecified atom stereocenters. The molecule has 1 fully saturated rings. The van der Waals surface area contributed by atoms with Crippen LogP contribution in [0.4, 0.5) is 0 Å². The van der Waals surface area contributed by atoms with Gasteiger partial charge in [0.25, 0.3) is 5.91 Å². The molecule has 1 heterocycles. The molecule has 0 bridgehead atoms. The number of nitrogens with zero attached hydrogens (tertiary/aromatic N) is 2. The Morgan fingerprint density at radius 3 is 2.29 bits per heavy atom. The van der Waals surface area contributed by atoms with Gasteiger partial charge in [-0.15, -0.1) is 0 Å². The number of carbonyl (C=O) groups excluding carboxylic acids is 1. The van der Waals surface area contributed by atoms with Crippen LogP contribution < -0.4 is 14.8 Å². The second kappa shape index (κ2) is 5.95. The van der Waals surface area contributed by atoms with Crippen LogP contribution >= 0.6 is 0 Å². The third-order valence-electron chi connectivity index (χ3n) is 4.25. The minimum absolute atomic E-state index is 0.0576. The molecule has 1 aromatic heterocycles. The molecule has 0 aliphatic heterocycles. The highest BCUT2D eigenvalue weighted by Crippen LogP contribution is 2.33. The lowest BCUT2D eigenvalue weighted by Crippen LogP contribution is -2.59. The van der Waals surface area contributed by atoms with Crippen molar-refractivity contribution >= 4 is 22.9 Å². The third kappa shape index (κ3) is 2.60. The monoisotopic (exact) mass is 331 g/mol. The Bertz CT molecular complexity index is 817. The van der Waals surface area contributed by atoms with Crippen LogP contribution in [0.3, 0.4) is 0 Å². The van der Waals surface area contributed by atoms with E-state index < -0.39 is 17.4 Å². The molecule has 2 N–H and O–H groups in total. The van der Waals surface area contributed by atoms with E-state index in [0.29, 0.717) is 35.4 Å². The predicted molar refractivity (Wildman–Crippen MR) is 84.3 cm³/mol. The maximum absolute atomic E-state index is 12.3. The van der Waals surface area contributed by atoms with E-state index >= 15 is 0 Å². The van der Waals surface area contributed by atoms with Crippen LogP contribution in [0.2, 0.25) is 0 Å². The van der Waals surface area contributed by atoms with E-state index in [0.717, 1.165) is 6.42 Å². The van der Waals surface area contributed by atoms with Gasteiger partial charge in [0.05, 0.1) is 31.4 Å². The number of amides is 1. The Hall–Kier alpha value is -2.90. The predicted octanol–water partition coefficient (Wildman–Crippen LogP) is 1.38. The number of benzene rings is 1. The number of rotatable bonds is 5. The highest BCUT2D eigenvalue weighted by Gasteiger charge is 2.46. The maximum Gasteiger partial charge on any atom is 0.329 e. The second-order valence-corrected chi connectivity index (χ2v) is 5.65. The van der Waals surface area contributed by atoms with Crippen molar-refractivity contribution in [3.63, 3.8) is 0 Å². The van der Waals surface area contributed by atoms with Crippen LogP contribution in [0, 0.1) is 0 Å². The van der Waals surface area contributed by atoms with E-state index in [4.69, 9.17) is 9.47 Å². The number of carboxylic acid groups (broad SMARTS) is 1. The van der Waals surface area contributed by atoms with Gasteiger partial charge in [-0.2, -0.15) is 0 Å². The molecule has 8 nitrogen and oxygen atoms in total. The Balaban J connectivity index is 1.92. The highest BCUT2D eigenvalue weighted by molar-refractivity contribution is 5.97. The van der Waals surface area contributed by atoms with Gasteiger partial charge < -0.3 is 19.9 Å². The normalized spacial score (nSPS) is 15.4. The van der Waals surface area contributed by atoms with Gasteiger partial charge in [0, 0.05) is 12.1 Å². The highest BCUT2D eigenvalue weighted by atomic mass is 16.5. The number of hydrogen-bond donors (Lipinski definition) is 2. The fraction of sp³-hybridized carbons (Fsp3) is 0.375. The summed E-state index contributed by atoms with van der Waals surface area (Å²) in [5, 5.41) is 11.9. The summed E-state index contributed by atoms with van der Waals surface area (Å²) in [6.07, 6.45) is 2.92. The molecule has 8 heteroatoms. The van der Waals surface area contributed by atoms with Crippen LogP contribution in [0.25, 0.3) is 11.0 Å². The molecule has 1 aromatic carbocycles. The van der Waals surface area contributed by atoms with Gasteiger partial charge in [0.1, 0.15) is 11.2 Å². The lowest BCUT2D eigenvalue weighted by Gasteiger charge is -2.38. The summed E-state index contributed by atoms with van der Waals surface area (Å²) in [6, 6.07) is 3.28. The van der Waals surface area contributed by atoms with Crippen molar-refractivity contribution in [3.8, 4) is 11.5 Å². The third-order valence-corrected chi connectivity index (χ3v) is 4.25. The molecular formula is C16H17N3O5. The number of ether oxygens (including phenoxy) is 2. The van der Waals surface area contributed by atoms with E-state index in [1.54, 1.807) is 12.1 Å². The summed E-state index contributed by atoms with van der Waals surface area (Å²) in [5.74, 6) is -0.600. The summed E-state index contributed by atoms with van der Waals surface area (Å²) in [5.41, 5.74) is -0.132. The van der Waals surface area contributed by atoms with Crippen molar-refractivity contribution in [1.82, 2.24) is 15.3 Å². The molecule has 24 heavy (non-hydrogen) atoms. The average Bonchev–Trinajstić information content (AvgIpc) is 2.55. The molecular weight excluding hydrogens is 314 g/mol. The molecule has 1 amide bonds. The first-order valence-corrected chi connectivity index (χ1v) is 7.44. The minimum Gasteiger partial charge on any atom is -0.493 e. The van der Waals surface area contributed by atoms with Gasteiger partial charge in [0.15, 0.2) is 11.5 Å². The molecule has 3 rings (SSSR count). The summed E-state index contributed by atoms with van der Waals surface area (Å²) in [6.45, 7) is 0. The van der Waals surface area contributed by atoms with Crippen LogP contribution in [0.15, 0.2) is 18.3 Å². The van der Waals surface area contributed by atoms with Crippen LogP contribution in [-0.2, 0) is 4.79 Å². The van der Waals surface area contributed by atoms with Crippen molar-refractivity contribution in [3.05, 3.63) is 24.0 Å². The smallest absolute Gasteiger partial charge is 0.329 e. The molecule has 1 aliphatic rings. The lowest BCUT2D eigenvalue weighted by molar-refractivity contribution is -0.148. The number of nitrogens with one attached hydrogen (secondary N) is 1. The minimum atomic E-state index is -1.19. The van der Waals surface area contributed by atoms with Gasteiger partial charge in [0.2, 0.25) is 0 Å². The average molecular weight is 331 g/mol. The van der Waals surface area contributed by atoms with Crippen molar-refractivity contribution in [2.75, 3.05) is 14.2 Å². The van der Waals surface area contributed by atoms with E-state index in [-0.39, 0.29) is 5.69 Å². The zero-order valence-corrected chi connectivity index (χ0v) is 13.3. The number of aromatic nitrogens is 2. The number of carbonyl (C=O) groups is 2. The number of methoxy groups -OCH3 is 2. The van der Waals surface area contributed by atoms with E-state index in [9.17, 15) is 14.7 Å². The van der Waals surface area contributed by atoms with Gasteiger partial charge >= 0.3 is 5.97 Å². The first-order valence-electron chi connectivity index (χ1n) is 7.44. The van der Waals surface area contributed by atoms with Crippen molar-refractivity contribution in [1.29, 1.82) is 0 Å². The van der Waals surface area contributed by atoms with Gasteiger partial charge in [-0.3, -0.25) is 9.78 Å². The summed E-state index contributed by atoms with van der Waals surface area (Å²) in [4.78, 5) is 32.2. The maximum atomic E-state index is 12.3. The number of fused-ring (bicyclic) bond motifs is 1. The van der Waals surface area contributed by atoms with Gasteiger partial charge in [-0.25, -0.2) is 9.78 Å². The second-order valence-electron chi connectivity index (χ2n) is 5.65. The number of aliphatic carboxylic acids is 1. The first-order chi connectivity index (χ1) is 11.5. The zero-order valence-electron chi connectivity index (χ0n) is 13.3. The molecule has 1 aliphatic carbocycles. The number of hydrogen-bond acceptors (Lipinski definition) is 6.